The van der Waals surface area contributed by atoms with Crippen molar-refractivity contribution in [3.8, 4) is 11.3 Å². The first-order valence-electron chi connectivity index (χ1n) is 9.29. The van der Waals surface area contributed by atoms with E-state index in [9.17, 15) is 4.79 Å². The fraction of sp³-hybridized carbons (Fsp3) is 0.273. The van der Waals surface area contributed by atoms with Crippen LogP contribution >= 0.6 is 11.6 Å². The van der Waals surface area contributed by atoms with E-state index < -0.39 is 5.60 Å². The topological polar surface area (TPSA) is 55.0 Å². The highest BCUT2D eigenvalue weighted by molar-refractivity contribution is 6.30. The van der Waals surface area contributed by atoms with Gasteiger partial charge >= 0.3 is 5.97 Å². The predicted octanol–water partition coefficient (Wildman–Crippen LogP) is 5.45. The number of fused-ring (bicyclic) bond motifs is 2. The number of esters is 1. The number of hydrogen-bond donors (Lipinski definition) is 1. The number of carbonyl (C=O) groups is 1. The molecule has 2 aliphatic rings. The molecule has 0 bridgehead atoms. The van der Waals surface area contributed by atoms with Gasteiger partial charge in [0.15, 0.2) is 0 Å². The number of nitrogens with zero attached hydrogens (tertiary/aromatic N) is 1. The van der Waals surface area contributed by atoms with E-state index in [0.29, 0.717) is 10.9 Å². The summed E-state index contributed by atoms with van der Waals surface area (Å²) in [6.45, 7) is 0. The van der Waals surface area contributed by atoms with Gasteiger partial charge in [-0.15, -0.1) is 0 Å². The average Bonchev–Trinajstić information content (AvgIpc) is 3.28. The third kappa shape index (κ3) is 2.76. The molecule has 2 aromatic carbocycles. The lowest BCUT2D eigenvalue weighted by Gasteiger charge is -2.36. The number of halogens is 1. The third-order valence-electron chi connectivity index (χ3n) is 5.88. The Kier molecular flexibility index (Phi) is 3.83. The molecule has 1 aliphatic carbocycles. The first kappa shape index (κ1) is 16.6. The summed E-state index contributed by atoms with van der Waals surface area (Å²) in [4.78, 5) is 12.2. The Hall–Kier alpha value is -2.59. The lowest BCUT2D eigenvalue weighted by Crippen LogP contribution is -2.31. The highest BCUT2D eigenvalue weighted by atomic mass is 35.5. The van der Waals surface area contributed by atoms with Crippen molar-refractivity contribution >= 4 is 17.6 Å². The number of carbonyl (C=O) groups excluding carboxylic acids is 1. The SMILES string of the molecule is O=C1OC2(CCC(c3cc(-c4cccc(Cl)c4)n[nH]3)CC2)c2ccccc21. The quantitative estimate of drug-likeness (QED) is 0.603. The summed E-state index contributed by atoms with van der Waals surface area (Å²) in [6.07, 6.45) is 3.59. The second kappa shape index (κ2) is 6.24. The molecule has 1 spiro atoms. The van der Waals surface area contributed by atoms with Crippen LogP contribution in [0.5, 0.6) is 0 Å². The van der Waals surface area contributed by atoms with E-state index in [1.54, 1.807) is 0 Å². The normalized spacial score (nSPS) is 24.0. The molecule has 2 heterocycles. The number of H-pyrrole nitrogens is 1. The van der Waals surface area contributed by atoms with Crippen LogP contribution in [0.15, 0.2) is 54.6 Å². The number of nitrogens with one attached hydrogen (secondary N) is 1. The molecule has 27 heavy (non-hydrogen) atoms. The van der Waals surface area contributed by atoms with Crippen LogP contribution in [0.1, 0.15) is 53.2 Å². The van der Waals surface area contributed by atoms with E-state index in [2.05, 4.69) is 16.3 Å². The third-order valence-corrected chi connectivity index (χ3v) is 6.11. The van der Waals surface area contributed by atoms with Gasteiger partial charge in [0.05, 0.1) is 11.3 Å². The van der Waals surface area contributed by atoms with Crippen LogP contribution < -0.4 is 0 Å². The highest BCUT2D eigenvalue weighted by Gasteiger charge is 2.47. The summed E-state index contributed by atoms with van der Waals surface area (Å²) >= 11 is 6.09. The summed E-state index contributed by atoms with van der Waals surface area (Å²) in [6, 6.07) is 17.6. The molecular weight excluding hydrogens is 360 g/mol. The standard InChI is InChI=1S/C22H19ClN2O2/c23-16-5-3-4-15(12-16)20-13-19(24-25-20)14-8-10-22(11-9-14)18-7-2-1-6-17(18)21(26)27-22/h1-7,12-14H,8-11H2,(H,24,25). The zero-order valence-electron chi connectivity index (χ0n) is 14.7. The number of rotatable bonds is 2. The van der Waals surface area contributed by atoms with Crippen molar-refractivity contribution in [3.05, 3.63) is 76.4 Å². The van der Waals surface area contributed by atoms with E-state index in [1.165, 1.54) is 0 Å². The average molecular weight is 379 g/mol. The van der Waals surface area contributed by atoms with E-state index >= 15 is 0 Å². The van der Waals surface area contributed by atoms with E-state index in [4.69, 9.17) is 16.3 Å². The van der Waals surface area contributed by atoms with Crippen molar-refractivity contribution < 1.29 is 9.53 Å². The molecule has 0 saturated heterocycles. The first-order valence-corrected chi connectivity index (χ1v) is 9.66. The van der Waals surface area contributed by atoms with E-state index in [1.807, 2.05) is 48.5 Å². The van der Waals surface area contributed by atoms with Gasteiger partial charge in [0.1, 0.15) is 5.60 Å². The molecule has 0 unspecified atom stereocenters. The lowest BCUT2D eigenvalue weighted by molar-refractivity contribution is -0.0310. The molecule has 5 heteroatoms. The van der Waals surface area contributed by atoms with Gasteiger partial charge in [0, 0.05) is 27.8 Å². The molecule has 5 rings (SSSR count). The zero-order chi connectivity index (χ0) is 18.4. The molecular formula is C22H19ClN2O2. The molecule has 1 fully saturated rings. The maximum atomic E-state index is 12.2. The van der Waals surface area contributed by atoms with Crippen LogP contribution in [0.3, 0.4) is 0 Å². The minimum absolute atomic E-state index is 0.186. The molecule has 136 valence electrons. The van der Waals surface area contributed by atoms with Crippen LogP contribution in [0.25, 0.3) is 11.3 Å². The van der Waals surface area contributed by atoms with Crippen LogP contribution in [-0.4, -0.2) is 16.2 Å². The van der Waals surface area contributed by atoms with Gasteiger partial charge in [-0.1, -0.05) is 41.9 Å². The number of ether oxygens (including phenoxy) is 1. The van der Waals surface area contributed by atoms with Gasteiger partial charge in [-0.25, -0.2) is 4.79 Å². The van der Waals surface area contributed by atoms with Crippen LogP contribution in [-0.2, 0) is 10.3 Å². The molecule has 0 amide bonds. The van der Waals surface area contributed by atoms with Gasteiger partial charge in [-0.3, -0.25) is 5.10 Å². The van der Waals surface area contributed by atoms with Crippen molar-refractivity contribution in [1.29, 1.82) is 0 Å². The van der Waals surface area contributed by atoms with Gasteiger partial charge in [-0.05, 0) is 49.9 Å². The van der Waals surface area contributed by atoms with Crippen LogP contribution in [0.2, 0.25) is 5.02 Å². The zero-order valence-corrected chi connectivity index (χ0v) is 15.5. The Morgan fingerprint density at radius 1 is 1.07 bits per heavy atom. The lowest BCUT2D eigenvalue weighted by atomic mass is 9.74. The number of aromatic nitrogens is 2. The molecule has 1 aromatic heterocycles. The van der Waals surface area contributed by atoms with Gasteiger partial charge in [0.2, 0.25) is 0 Å². The van der Waals surface area contributed by atoms with Gasteiger partial charge < -0.3 is 4.74 Å². The summed E-state index contributed by atoms with van der Waals surface area (Å²) in [5, 5.41) is 8.38. The molecule has 3 aromatic rings. The molecule has 1 N–H and O–H groups in total. The van der Waals surface area contributed by atoms with Crippen molar-refractivity contribution in [3.63, 3.8) is 0 Å². The maximum Gasteiger partial charge on any atom is 0.339 e. The predicted molar refractivity (Wildman–Crippen MR) is 104 cm³/mol. The van der Waals surface area contributed by atoms with Crippen LogP contribution in [0.4, 0.5) is 0 Å². The fourth-order valence-electron chi connectivity index (χ4n) is 4.45. The summed E-state index contributed by atoms with van der Waals surface area (Å²) in [5.74, 6) is 0.205. The minimum atomic E-state index is -0.444. The highest BCUT2D eigenvalue weighted by Crippen LogP contribution is 2.50. The molecule has 1 aliphatic heterocycles. The monoisotopic (exact) mass is 378 g/mol. The second-order valence-corrected chi connectivity index (χ2v) is 7.86. The number of benzene rings is 2. The van der Waals surface area contributed by atoms with Gasteiger partial charge in [0.25, 0.3) is 0 Å². The minimum Gasteiger partial charge on any atom is -0.451 e. The van der Waals surface area contributed by atoms with E-state index in [-0.39, 0.29) is 5.97 Å². The molecule has 0 atom stereocenters. The first-order chi connectivity index (χ1) is 13.1. The number of aromatic amines is 1. The van der Waals surface area contributed by atoms with Crippen LogP contribution in [0, 0.1) is 0 Å². The Morgan fingerprint density at radius 3 is 2.70 bits per heavy atom. The summed E-state index contributed by atoms with van der Waals surface area (Å²) in [7, 11) is 0. The Morgan fingerprint density at radius 2 is 1.89 bits per heavy atom. The maximum absolute atomic E-state index is 12.2. The largest absolute Gasteiger partial charge is 0.451 e. The van der Waals surface area contributed by atoms with Crippen molar-refractivity contribution in [2.75, 3.05) is 0 Å². The Bertz CT molecular complexity index is 1020. The summed E-state index contributed by atoms with van der Waals surface area (Å²) < 4.78 is 5.85. The van der Waals surface area contributed by atoms with Crippen molar-refractivity contribution in [2.24, 2.45) is 0 Å². The van der Waals surface area contributed by atoms with Crippen molar-refractivity contribution in [1.82, 2.24) is 10.2 Å². The Balaban J connectivity index is 1.36. The molecule has 4 nitrogen and oxygen atoms in total. The summed E-state index contributed by atoms with van der Waals surface area (Å²) in [5.41, 5.74) is 4.39. The number of hydrogen-bond acceptors (Lipinski definition) is 3. The molecule has 1 saturated carbocycles. The van der Waals surface area contributed by atoms with Gasteiger partial charge in [-0.2, -0.15) is 5.10 Å². The molecule has 0 radical (unpaired) electrons. The van der Waals surface area contributed by atoms with E-state index in [0.717, 1.165) is 53.8 Å². The second-order valence-electron chi connectivity index (χ2n) is 7.42. The Labute approximate surface area is 162 Å². The fourth-order valence-corrected chi connectivity index (χ4v) is 4.64. The smallest absolute Gasteiger partial charge is 0.339 e. The van der Waals surface area contributed by atoms with Crippen molar-refractivity contribution in [2.45, 2.75) is 37.2 Å².